The van der Waals surface area contributed by atoms with Crippen molar-refractivity contribution >= 4 is 11.8 Å². The van der Waals surface area contributed by atoms with Gasteiger partial charge in [-0.1, -0.05) is 19.1 Å². The molecule has 0 aromatic carbocycles. The summed E-state index contributed by atoms with van der Waals surface area (Å²) in [4.78, 5) is 28.4. The number of aryl methyl sites for hydroxylation is 1. The molecular formula is C22H26N4O2. The quantitative estimate of drug-likeness (QED) is 0.601. The zero-order valence-corrected chi connectivity index (χ0v) is 16.6. The Kier molecular flexibility index (Phi) is 5.11. The fraction of sp³-hybridized carbons (Fsp3) is 0.455. The first kappa shape index (κ1) is 18.6. The molecule has 2 aromatic heterocycles. The molecule has 1 aliphatic heterocycles. The average molecular weight is 378 g/mol. The van der Waals surface area contributed by atoms with Gasteiger partial charge >= 0.3 is 5.97 Å². The molecule has 0 spiro atoms. The van der Waals surface area contributed by atoms with E-state index in [2.05, 4.69) is 33.9 Å². The number of ether oxygens (including phenoxy) is 1. The lowest BCUT2D eigenvalue weighted by atomic mass is 9.72. The molecule has 146 valence electrons. The summed E-state index contributed by atoms with van der Waals surface area (Å²) in [7, 11) is 0. The molecule has 0 radical (unpaired) electrons. The lowest BCUT2D eigenvalue weighted by Crippen LogP contribution is -2.37. The number of pyridine rings is 1. The van der Waals surface area contributed by atoms with Gasteiger partial charge in [0.15, 0.2) is 5.82 Å². The van der Waals surface area contributed by atoms with E-state index in [0.29, 0.717) is 18.3 Å². The Morgan fingerprint density at radius 2 is 2.14 bits per heavy atom. The molecule has 6 nitrogen and oxygen atoms in total. The molecule has 0 unspecified atom stereocenters. The summed E-state index contributed by atoms with van der Waals surface area (Å²) in [5.74, 6) is 2.19. The van der Waals surface area contributed by atoms with E-state index < -0.39 is 0 Å². The molecule has 1 saturated heterocycles. The van der Waals surface area contributed by atoms with Crippen LogP contribution in [-0.4, -0.2) is 40.6 Å². The van der Waals surface area contributed by atoms with Gasteiger partial charge in [0.1, 0.15) is 5.82 Å². The van der Waals surface area contributed by atoms with Gasteiger partial charge in [0.05, 0.1) is 12.5 Å². The van der Waals surface area contributed by atoms with Gasteiger partial charge in [0, 0.05) is 42.8 Å². The van der Waals surface area contributed by atoms with Gasteiger partial charge in [-0.05, 0) is 43.7 Å². The first-order valence-corrected chi connectivity index (χ1v) is 9.92. The van der Waals surface area contributed by atoms with E-state index in [1.165, 1.54) is 0 Å². The van der Waals surface area contributed by atoms with Crippen molar-refractivity contribution in [2.24, 2.45) is 23.7 Å². The molecule has 0 N–H and O–H groups in total. The van der Waals surface area contributed by atoms with Gasteiger partial charge in [-0.15, -0.1) is 0 Å². The number of hydrogen-bond acceptors (Lipinski definition) is 6. The second-order valence-corrected chi connectivity index (χ2v) is 7.69. The van der Waals surface area contributed by atoms with Crippen LogP contribution < -0.4 is 4.90 Å². The van der Waals surface area contributed by atoms with Crippen LogP contribution in [0.15, 0.2) is 42.7 Å². The molecule has 4 rings (SSSR count). The molecule has 3 heterocycles. The Morgan fingerprint density at radius 1 is 1.29 bits per heavy atom. The van der Waals surface area contributed by atoms with Crippen molar-refractivity contribution in [3.63, 3.8) is 0 Å². The normalized spacial score (nSPS) is 26.2. The molecule has 0 amide bonds. The summed E-state index contributed by atoms with van der Waals surface area (Å²) in [5, 5.41) is 0. The van der Waals surface area contributed by atoms with Crippen molar-refractivity contribution in [3.8, 4) is 11.4 Å². The maximum atomic E-state index is 12.6. The first-order valence-electron chi connectivity index (χ1n) is 9.92. The maximum Gasteiger partial charge on any atom is 0.309 e. The number of anilines is 1. The highest BCUT2D eigenvalue weighted by molar-refractivity contribution is 5.74. The highest BCUT2D eigenvalue weighted by Crippen LogP contribution is 2.41. The third-order valence-corrected chi connectivity index (χ3v) is 5.75. The van der Waals surface area contributed by atoms with Gasteiger partial charge in [-0.25, -0.2) is 9.97 Å². The Labute approximate surface area is 165 Å². The van der Waals surface area contributed by atoms with Crippen LogP contribution in [0.25, 0.3) is 11.4 Å². The predicted octanol–water partition coefficient (Wildman–Crippen LogP) is 3.28. The molecule has 28 heavy (non-hydrogen) atoms. The second kappa shape index (κ2) is 7.70. The lowest BCUT2D eigenvalue weighted by molar-refractivity contribution is -0.151. The molecule has 1 aliphatic carbocycles. The third kappa shape index (κ3) is 3.51. The number of carbonyl (C=O) groups is 1. The van der Waals surface area contributed by atoms with E-state index in [4.69, 9.17) is 9.72 Å². The van der Waals surface area contributed by atoms with Crippen LogP contribution in [0.3, 0.4) is 0 Å². The first-order chi connectivity index (χ1) is 13.6. The number of esters is 1. The Bertz CT molecular complexity index is 883. The largest absolute Gasteiger partial charge is 0.466 e. The number of rotatable bonds is 4. The number of allylic oxidation sites excluding steroid dienone is 1. The van der Waals surface area contributed by atoms with E-state index in [1.807, 2.05) is 32.0 Å². The minimum atomic E-state index is -0.0966. The van der Waals surface area contributed by atoms with Crippen LogP contribution in [0.2, 0.25) is 0 Å². The van der Waals surface area contributed by atoms with Gasteiger partial charge in [-0.3, -0.25) is 9.78 Å². The fourth-order valence-electron chi connectivity index (χ4n) is 4.42. The van der Waals surface area contributed by atoms with Gasteiger partial charge < -0.3 is 9.64 Å². The molecule has 2 aromatic rings. The summed E-state index contributed by atoms with van der Waals surface area (Å²) in [5.41, 5.74) is 1.83. The van der Waals surface area contributed by atoms with Gasteiger partial charge in [0.25, 0.3) is 0 Å². The highest BCUT2D eigenvalue weighted by atomic mass is 16.5. The summed E-state index contributed by atoms with van der Waals surface area (Å²) in [6.07, 6.45) is 7.96. The summed E-state index contributed by atoms with van der Waals surface area (Å²) < 4.78 is 5.37. The van der Waals surface area contributed by atoms with Crippen LogP contribution in [0, 0.1) is 30.6 Å². The smallest absolute Gasteiger partial charge is 0.309 e. The highest BCUT2D eigenvalue weighted by Gasteiger charge is 2.45. The van der Waals surface area contributed by atoms with Crippen molar-refractivity contribution < 1.29 is 9.53 Å². The summed E-state index contributed by atoms with van der Waals surface area (Å²) in [6.45, 7) is 8.03. The number of nitrogens with zero attached hydrogens (tertiary/aromatic N) is 4. The number of carbonyl (C=O) groups excluding carboxylic acids is 1. The van der Waals surface area contributed by atoms with Crippen molar-refractivity contribution in [3.05, 3.63) is 48.4 Å². The van der Waals surface area contributed by atoms with E-state index >= 15 is 0 Å². The molecular weight excluding hydrogens is 352 g/mol. The van der Waals surface area contributed by atoms with Crippen LogP contribution in [0.1, 0.15) is 19.5 Å². The third-order valence-electron chi connectivity index (χ3n) is 5.75. The minimum Gasteiger partial charge on any atom is -0.466 e. The SMILES string of the molecule is CCOC(=O)[C@@H]1[C@H]2CN(c3cc(C)nc(-c4cccnc4)n3)C[C@@H]2C=C[C@@H]1C. The molecule has 6 heteroatoms. The molecule has 0 saturated carbocycles. The lowest BCUT2D eigenvalue weighted by Gasteiger charge is -2.31. The molecule has 1 fully saturated rings. The average Bonchev–Trinajstić information content (AvgIpc) is 3.12. The van der Waals surface area contributed by atoms with Crippen LogP contribution >= 0.6 is 0 Å². The monoisotopic (exact) mass is 378 g/mol. The summed E-state index contributed by atoms with van der Waals surface area (Å²) in [6, 6.07) is 5.88. The summed E-state index contributed by atoms with van der Waals surface area (Å²) >= 11 is 0. The van der Waals surface area contributed by atoms with E-state index in [1.54, 1.807) is 12.4 Å². The van der Waals surface area contributed by atoms with Crippen molar-refractivity contribution in [1.82, 2.24) is 15.0 Å². The van der Waals surface area contributed by atoms with Crippen molar-refractivity contribution in [2.45, 2.75) is 20.8 Å². The molecule has 4 atom stereocenters. The van der Waals surface area contributed by atoms with E-state index in [0.717, 1.165) is 30.2 Å². The zero-order valence-electron chi connectivity index (χ0n) is 16.6. The molecule has 2 aliphatic rings. The Balaban J connectivity index is 1.61. The van der Waals surface area contributed by atoms with E-state index in [9.17, 15) is 4.79 Å². The molecule has 0 bridgehead atoms. The van der Waals surface area contributed by atoms with E-state index in [-0.39, 0.29) is 23.7 Å². The topological polar surface area (TPSA) is 68.2 Å². The maximum absolute atomic E-state index is 12.6. The van der Waals surface area contributed by atoms with Crippen molar-refractivity contribution in [2.75, 3.05) is 24.6 Å². The predicted molar refractivity (Wildman–Crippen MR) is 108 cm³/mol. The zero-order chi connectivity index (χ0) is 19.7. The number of aromatic nitrogens is 3. The van der Waals surface area contributed by atoms with Crippen molar-refractivity contribution in [1.29, 1.82) is 0 Å². The standard InChI is InChI=1S/C22H26N4O2/c1-4-28-22(27)20-14(2)7-8-17-12-26(13-18(17)20)19-10-15(3)24-21(25-19)16-6-5-9-23-11-16/h5-11,14,17-18,20H,4,12-13H2,1-3H3/t14-,17-,18-,20-/m0/s1. The minimum absolute atomic E-state index is 0.0777. The Hall–Kier alpha value is -2.76. The number of fused-ring (bicyclic) bond motifs is 1. The van der Waals surface area contributed by atoms with Gasteiger partial charge in [-0.2, -0.15) is 0 Å². The van der Waals surface area contributed by atoms with Crippen LogP contribution in [-0.2, 0) is 9.53 Å². The fourth-order valence-corrected chi connectivity index (χ4v) is 4.42. The Morgan fingerprint density at radius 3 is 2.89 bits per heavy atom. The van der Waals surface area contributed by atoms with Gasteiger partial charge in [0.2, 0.25) is 0 Å². The second-order valence-electron chi connectivity index (χ2n) is 7.69. The van der Waals surface area contributed by atoms with Crippen LogP contribution in [0.4, 0.5) is 5.82 Å². The number of hydrogen-bond donors (Lipinski definition) is 0. The van der Waals surface area contributed by atoms with Crippen LogP contribution in [0.5, 0.6) is 0 Å².